The van der Waals surface area contributed by atoms with E-state index in [1.54, 1.807) is 18.5 Å². The van der Waals surface area contributed by atoms with Crippen molar-refractivity contribution in [3.63, 3.8) is 0 Å². The summed E-state index contributed by atoms with van der Waals surface area (Å²) in [7, 11) is 0. The van der Waals surface area contributed by atoms with E-state index in [-0.39, 0.29) is 18.7 Å². The summed E-state index contributed by atoms with van der Waals surface area (Å²) in [4.78, 5) is 44.3. The van der Waals surface area contributed by atoms with Gasteiger partial charge in [0.15, 0.2) is 0 Å². The van der Waals surface area contributed by atoms with Crippen molar-refractivity contribution >= 4 is 23.9 Å². The van der Waals surface area contributed by atoms with Crippen molar-refractivity contribution in [1.29, 1.82) is 0 Å². The first kappa shape index (κ1) is 18.4. The number of nitrogens with one attached hydrogen (secondary N) is 1. The van der Waals surface area contributed by atoms with Crippen LogP contribution in [0.25, 0.3) is 6.08 Å². The van der Waals surface area contributed by atoms with Crippen molar-refractivity contribution in [3.05, 3.63) is 101 Å². The van der Waals surface area contributed by atoms with E-state index in [1.807, 2.05) is 60.7 Å². The number of amides is 4. The van der Waals surface area contributed by atoms with Gasteiger partial charge in [-0.1, -0.05) is 60.7 Å². The second kappa shape index (κ2) is 7.98. The first-order valence-electron chi connectivity index (χ1n) is 9.23. The summed E-state index contributed by atoms with van der Waals surface area (Å²) < 4.78 is 0. The second-order valence-electron chi connectivity index (χ2n) is 6.74. The highest BCUT2D eigenvalue weighted by molar-refractivity contribution is 6.30. The van der Waals surface area contributed by atoms with Gasteiger partial charge in [0.2, 0.25) is 0 Å². The average Bonchev–Trinajstić information content (AvgIpc) is 3.27. The van der Waals surface area contributed by atoms with Crippen LogP contribution in [-0.2, 0) is 22.7 Å². The number of hydrogen-bond donors (Lipinski definition) is 1. The molecular formula is C23H19N3O3. The lowest BCUT2D eigenvalue weighted by Gasteiger charge is -2.34. The molecule has 1 fully saturated rings. The van der Waals surface area contributed by atoms with Crippen molar-refractivity contribution < 1.29 is 14.4 Å². The summed E-state index contributed by atoms with van der Waals surface area (Å²) in [6.07, 6.45) is 4.91. The number of benzene rings is 2. The third-order valence-electron chi connectivity index (χ3n) is 4.71. The van der Waals surface area contributed by atoms with E-state index >= 15 is 0 Å². The Morgan fingerprint density at radius 1 is 0.724 bits per heavy atom. The number of aromatic nitrogens is 1. The number of urea groups is 1. The number of aromatic amines is 1. The molecule has 4 rings (SSSR count). The van der Waals surface area contributed by atoms with Gasteiger partial charge in [0.1, 0.15) is 5.57 Å². The third kappa shape index (κ3) is 3.87. The predicted molar refractivity (Wildman–Crippen MR) is 108 cm³/mol. The van der Waals surface area contributed by atoms with Gasteiger partial charge in [0, 0.05) is 12.4 Å². The predicted octanol–water partition coefficient (Wildman–Crippen LogP) is 3.59. The maximum absolute atomic E-state index is 13.1. The fourth-order valence-electron chi connectivity index (χ4n) is 3.23. The molecule has 0 saturated carbocycles. The van der Waals surface area contributed by atoms with E-state index in [9.17, 15) is 14.4 Å². The molecular weight excluding hydrogens is 366 g/mol. The fraction of sp³-hybridized carbons (Fsp3) is 0.0870. The standard InChI is InChI=1S/C23H19N3O3/c27-21-20(13-19-11-12-24-14-19)22(28)26(16-18-9-5-2-6-10-18)23(29)25(21)15-17-7-3-1-4-8-17/h1-14,24H,15-16H2. The fourth-order valence-corrected chi connectivity index (χ4v) is 3.23. The summed E-state index contributed by atoms with van der Waals surface area (Å²) in [5.41, 5.74) is 2.28. The minimum atomic E-state index is -0.612. The molecule has 1 N–H and O–H groups in total. The molecule has 1 aromatic heterocycles. The Balaban J connectivity index is 1.71. The second-order valence-corrected chi connectivity index (χ2v) is 6.74. The lowest BCUT2D eigenvalue weighted by atomic mass is 10.1. The quantitative estimate of drug-likeness (QED) is 0.539. The first-order chi connectivity index (χ1) is 14.1. The number of H-pyrrole nitrogens is 1. The minimum absolute atomic E-state index is 0.0314. The number of carbonyl (C=O) groups excluding carboxylic acids is 3. The van der Waals surface area contributed by atoms with Crippen LogP contribution in [0, 0.1) is 0 Å². The molecule has 1 saturated heterocycles. The van der Waals surface area contributed by atoms with Gasteiger partial charge < -0.3 is 4.98 Å². The lowest BCUT2D eigenvalue weighted by molar-refractivity contribution is -0.136. The minimum Gasteiger partial charge on any atom is -0.367 e. The number of nitrogens with zero attached hydrogens (tertiary/aromatic N) is 2. The van der Waals surface area contributed by atoms with Gasteiger partial charge in [0.25, 0.3) is 11.8 Å². The van der Waals surface area contributed by atoms with Crippen LogP contribution in [0.5, 0.6) is 0 Å². The zero-order valence-electron chi connectivity index (χ0n) is 15.6. The zero-order chi connectivity index (χ0) is 20.2. The molecule has 0 spiro atoms. The Bertz CT molecular complexity index is 992. The van der Waals surface area contributed by atoms with Crippen molar-refractivity contribution in [2.24, 2.45) is 0 Å². The van der Waals surface area contributed by atoms with Crippen LogP contribution < -0.4 is 0 Å². The molecule has 4 amide bonds. The summed E-state index contributed by atoms with van der Waals surface area (Å²) in [5.74, 6) is -1.18. The lowest BCUT2D eigenvalue weighted by Crippen LogP contribution is -2.55. The first-order valence-corrected chi connectivity index (χ1v) is 9.23. The van der Waals surface area contributed by atoms with Gasteiger partial charge in [-0.05, 0) is 28.8 Å². The summed E-state index contributed by atoms with van der Waals surface area (Å²) in [5, 5.41) is 0. The van der Waals surface area contributed by atoms with Crippen LogP contribution in [-0.4, -0.2) is 32.6 Å². The molecule has 1 aliphatic heterocycles. The van der Waals surface area contributed by atoms with Gasteiger partial charge in [-0.3, -0.25) is 19.4 Å². The number of carbonyl (C=O) groups is 3. The highest BCUT2D eigenvalue weighted by Gasteiger charge is 2.41. The summed E-state index contributed by atoms with van der Waals surface area (Å²) >= 11 is 0. The smallest absolute Gasteiger partial charge is 0.334 e. The monoisotopic (exact) mass is 385 g/mol. The molecule has 0 radical (unpaired) electrons. The molecule has 2 aromatic carbocycles. The molecule has 2 heterocycles. The Labute approximate surface area is 168 Å². The molecule has 6 nitrogen and oxygen atoms in total. The van der Waals surface area contributed by atoms with Gasteiger partial charge in [0.05, 0.1) is 13.1 Å². The highest BCUT2D eigenvalue weighted by atomic mass is 16.2. The maximum Gasteiger partial charge on any atom is 0.334 e. The third-order valence-corrected chi connectivity index (χ3v) is 4.71. The van der Waals surface area contributed by atoms with Crippen LogP contribution in [0.3, 0.4) is 0 Å². The van der Waals surface area contributed by atoms with Crippen LogP contribution in [0.4, 0.5) is 4.79 Å². The van der Waals surface area contributed by atoms with Crippen molar-refractivity contribution in [3.8, 4) is 0 Å². The van der Waals surface area contributed by atoms with E-state index in [2.05, 4.69) is 4.98 Å². The van der Waals surface area contributed by atoms with Crippen LogP contribution in [0.1, 0.15) is 16.7 Å². The number of imide groups is 2. The van der Waals surface area contributed by atoms with Gasteiger partial charge in [-0.15, -0.1) is 0 Å². The molecule has 144 valence electrons. The van der Waals surface area contributed by atoms with Crippen molar-refractivity contribution in [1.82, 2.24) is 14.8 Å². The molecule has 0 aliphatic carbocycles. The normalized spacial score (nSPS) is 14.5. The average molecular weight is 385 g/mol. The number of barbiturate groups is 1. The van der Waals surface area contributed by atoms with E-state index in [1.165, 1.54) is 6.08 Å². The number of rotatable bonds is 5. The molecule has 0 unspecified atom stereocenters. The molecule has 3 aromatic rings. The molecule has 1 aliphatic rings. The van der Waals surface area contributed by atoms with Crippen molar-refractivity contribution in [2.45, 2.75) is 13.1 Å². The Morgan fingerprint density at radius 2 is 1.24 bits per heavy atom. The SMILES string of the molecule is O=C1C(=Cc2cc[nH]c2)C(=O)N(Cc2ccccc2)C(=O)N1Cc1ccccc1. The van der Waals surface area contributed by atoms with E-state index in [4.69, 9.17) is 0 Å². The Kier molecular flexibility index (Phi) is 5.07. The molecule has 0 atom stereocenters. The molecule has 29 heavy (non-hydrogen) atoms. The zero-order valence-corrected chi connectivity index (χ0v) is 15.6. The van der Waals surface area contributed by atoms with Gasteiger partial charge in [-0.2, -0.15) is 0 Å². The van der Waals surface area contributed by atoms with Gasteiger partial charge >= 0.3 is 6.03 Å². The molecule has 6 heteroatoms. The van der Waals surface area contributed by atoms with Crippen molar-refractivity contribution in [2.75, 3.05) is 0 Å². The highest BCUT2D eigenvalue weighted by Crippen LogP contribution is 2.23. The van der Waals surface area contributed by atoms with E-state index < -0.39 is 17.8 Å². The Morgan fingerprint density at radius 3 is 1.69 bits per heavy atom. The van der Waals surface area contributed by atoms with E-state index in [0.717, 1.165) is 20.9 Å². The topological polar surface area (TPSA) is 73.5 Å². The van der Waals surface area contributed by atoms with E-state index in [0.29, 0.717) is 5.56 Å². The summed E-state index contributed by atoms with van der Waals surface area (Å²) in [6.45, 7) is 0.198. The van der Waals surface area contributed by atoms with Crippen LogP contribution >= 0.6 is 0 Å². The maximum atomic E-state index is 13.1. The Hall–Kier alpha value is -3.93. The largest absolute Gasteiger partial charge is 0.367 e. The van der Waals surface area contributed by atoms with Crippen LogP contribution in [0.2, 0.25) is 0 Å². The van der Waals surface area contributed by atoms with Gasteiger partial charge in [-0.25, -0.2) is 4.79 Å². The number of hydrogen-bond acceptors (Lipinski definition) is 3. The van der Waals surface area contributed by atoms with Crippen LogP contribution in [0.15, 0.2) is 84.7 Å². The summed E-state index contributed by atoms with van der Waals surface area (Å²) in [6, 6.07) is 19.6. The molecule has 0 bridgehead atoms.